The number of rotatable bonds is 9. The molecule has 8 nitrogen and oxygen atoms in total. The predicted molar refractivity (Wildman–Crippen MR) is 129 cm³/mol. The van der Waals surface area contributed by atoms with E-state index in [1.54, 1.807) is 13.8 Å². The van der Waals surface area contributed by atoms with Crippen LogP contribution >= 0.6 is 11.3 Å². The molecule has 1 N–H and O–H groups in total. The maximum Gasteiger partial charge on any atom is 0.348 e. The van der Waals surface area contributed by atoms with Gasteiger partial charge in [-0.3, -0.25) is 14.2 Å². The van der Waals surface area contributed by atoms with Crippen LogP contribution in [-0.4, -0.2) is 41.8 Å². The fraction of sp³-hybridized carbons (Fsp3) is 0.417. The summed E-state index contributed by atoms with van der Waals surface area (Å²) < 4.78 is 11.4. The molecule has 0 spiro atoms. The molecule has 1 atom stereocenters. The molecule has 0 aliphatic carbocycles. The Morgan fingerprint density at radius 3 is 2.45 bits per heavy atom. The quantitative estimate of drug-likeness (QED) is 0.375. The molecule has 2 heterocycles. The number of anilines is 1. The number of esters is 1. The van der Waals surface area contributed by atoms with E-state index in [0.29, 0.717) is 20.7 Å². The van der Waals surface area contributed by atoms with Gasteiger partial charge in [-0.25, -0.2) is 9.78 Å². The summed E-state index contributed by atoms with van der Waals surface area (Å²) in [6, 6.07) is 5.17. The lowest BCUT2D eigenvalue weighted by molar-refractivity contribution is -0.118. The lowest BCUT2D eigenvalue weighted by Crippen LogP contribution is -2.32. The van der Waals surface area contributed by atoms with E-state index in [-0.39, 0.29) is 24.7 Å². The molecule has 1 aromatic carbocycles. The van der Waals surface area contributed by atoms with Crippen molar-refractivity contribution >= 4 is 39.1 Å². The molecule has 2 aromatic heterocycles. The van der Waals surface area contributed by atoms with Crippen molar-refractivity contribution in [1.82, 2.24) is 9.55 Å². The van der Waals surface area contributed by atoms with Crippen molar-refractivity contribution in [2.75, 3.05) is 25.6 Å². The number of thiophene rings is 1. The number of para-hydroxylation sites is 1. The van der Waals surface area contributed by atoms with E-state index in [1.165, 1.54) is 18.0 Å². The first-order chi connectivity index (χ1) is 15.8. The number of hydrogen-bond acceptors (Lipinski definition) is 7. The van der Waals surface area contributed by atoms with Gasteiger partial charge >= 0.3 is 5.97 Å². The molecule has 176 valence electrons. The van der Waals surface area contributed by atoms with E-state index in [0.717, 1.165) is 41.0 Å². The number of hydrogen-bond donors (Lipinski definition) is 1. The first-order valence-corrected chi connectivity index (χ1v) is 11.7. The lowest BCUT2D eigenvalue weighted by Gasteiger charge is -2.18. The van der Waals surface area contributed by atoms with Crippen LogP contribution in [0.25, 0.3) is 10.2 Å². The Morgan fingerprint density at radius 2 is 1.85 bits per heavy atom. The van der Waals surface area contributed by atoms with Crippen molar-refractivity contribution in [2.24, 2.45) is 0 Å². The van der Waals surface area contributed by atoms with Gasteiger partial charge in [0.05, 0.1) is 18.3 Å². The van der Waals surface area contributed by atoms with Crippen LogP contribution in [0, 0.1) is 6.92 Å². The topological polar surface area (TPSA) is 99.5 Å². The molecule has 9 heteroatoms. The normalized spacial score (nSPS) is 12.0. The standard InChI is InChI=1S/C24H29N3O5S/c1-6-16-9-8-10-17(7-2)19(16)26-21(28)15(4)27-13-25-22-18(23(27)29)14(3)20(33-22)24(30)32-12-11-31-5/h8-10,13,15H,6-7,11-12H2,1-5H3,(H,26,28). The number of carbonyl (C=O) groups is 2. The van der Waals surface area contributed by atoms with Gasteiger partial charge in [-0.05, 0) is 43.4 Å². The van der Waals surface area contributed by atoms with Gasteiger partial charge < -0.3 is 14.8 Å². The van der Waals surface area contributed by atoms with Crippen molar-refractivity contribution < 1.29 is 19.1 Å². The Bertz CT molecular complexity index is 1210. The Hall–Kier alpha value is -3.04. The fourth-order valence-electron chi connectivity index (χ4n) is 3.65. The summed E-state index contributed by atoms with van der Waals surface area (Å²) in [7, 11) is 1.52. The van der Waals surface area contributed by atoms with Crippen LogP contribution in [0.15, 0.2) is 29.3 Å². The predicted octanol–water partition coefficient (Wildman–Crippen LogP) is 3.89. The van der Waals surface area contributed by atoms with E-state index in [2.05, 4.69) is 10.3 Å². The maximum atomic E-state index is 13.3. The largest absolute Gasteiger partial charge is 0.459 e. The number of nitrogens with zero attached hydrogens (tertiary/aromatic N) is 2. The molecule has 0 saturated carbocycles. The average Bonchev–Trinajstić information content (AvgIpc) is 3.16. The Labute approximate surface area is 196 Å². The van der Waals surface area contributed by atoms with Crippen molar-refractivity contribution in [3.05, 3.63) is 56.4 Å². The first kappa shape index (κ1) is 24.6. The van der Waals surface area contributed by atoms with Crippen LogP contribution in [0.3, 0.4) is 0 Å². The summed E-state index contributed by atoms with van der Waals surface area (Å²) in [4.78, 5) is 43.9. The second-order valence-electron chi connectivity index (χ2n) is 7.65. The summed E-state index contributed by atoms with van der Waals surface area (Å²) in [6.07, 6.45) is 2.92. The molecule has 0 aliphatic heterocycles. The molecule has 0 saturated heterocycles. The molecule has 0 radical (unpaired) electrons. The smallest absolute Gasteiger partial charge is 0.348 e. The lowest BCUT2D eigenvalue weighted by atomic mass is 10.0. The molecular weight excluding hydrogens is 442 g/mol. The van der Waals surface area contributed by atoms with Gasteiger partial charge in [0.15, 0.2) is 0 Å². The van der Waals surface area contributed by atoms with E-state index >= 15 is 0 Å². The number of aromatic nitrogens is 2. The zero-order chi connectivity index (χ0) is 24.1. The highest BCUT2D eigenvalue weighted by atomic mass is 32.1. The minimum absolute atomic E-state index is 0.122. The third kappa shape index (κ3) is 4.99. The molecule has 0 aliphatic rings. The number of methoxy groups -OCH3 is 1. The van der Waals surface area contributed by atoms with Gasteiger partial charge in [0.2, 0.25) is 5.91 Å². The number of benzene rings is 1. The number of ether oxygens (including phenoxy) is 2. The van der Waals surface area contributed by atoms with Crippen LogP contribution in [0.5, 0.6) is 0 Å². The van der Waals surface area contributed by atoms with E-state index in [1.807, 2.05) is 32.0 Å². The summed E-state index contributed by atoms with van der Waals surface area (Å²) in [5, 5.41) is 3.33. The molecular formula is C24H29N3O5S. The zero-order valence-corrected chi connectivity index (χ0v) is 20.4. The third-order valence-corrected chi connectivity index (χ3v) is 6.81. The highest BCUT2D eigenvalue weighted by Gasteiger charge is 2.24. The van der Waals surface area contributed by atoms with Gasteiger partial charge in [-0.2, -0.15) is 0 Å². The highest BCUT2D eigenvalue weighted by molar-refractivity contribution is 7.20. The minimum Gasteiger partial charge on any atom is -0.459 e. The number of fused-ring (bicyclic) bond motifs is 1. The van der Waals surface area contributed by atoms with Crippen LogP contribution in [0.4, 0.5) is 5.69 Å². The van der Waals surface area contributed by atoms with Gasteiger partial charge in [-0.15, -0.1) is 11.3 Å². The van der Waals surface area contributed by atoms with E-state index < -0.39 is 12.0 Å². The van der Waals surface area contributed by atoms with Crippen LogP contribution in [0.1, 0.15) is 53.2 Å². The highest BCUT2D eigenvalue weighted by Crippen LogP contribution is 2.28. The summed E-state index contributed by atoms with van der Waals surface area (Å²) in [6.45, 7) is 7.83. The monoisotopic (exact) mass is 471 g/mol. The van der Waals surface area contributed by atoms with Gasteiger partial charge in [0, 0.05) is 12.8 Å². The fourth-order valence-corrected chi connectivity index (χ4v) is 4.68. The van der Waals surface area contributed by atoms with Gasteiger partial charge in [0.1, 0.15) is 22.4 Å². The van der Waals surface area contributed by atoms with Crippen LogP contribution in [-0.2, 0) is 27.1 Å². The maximum absolute atomic E-state index is 13.3. The molecule has 3 rings (SSSR count). The zero-order valence-electron chi connectivity index (χ0n) is 19.6. The van der Waals surface area contributed by atoms with Gasteiger partial charge in [0.25, 0.3) is 5.56 Å². The number of aryl methyl sites for hydroxylation is 3. The van der Waals surface area contributed by atoms with Crippen LogP contribution < -0.4 is 10.9 Å². The van der Waals surface area contributed by atoms with Crippen molar-refractivity contribution in [3.8, 4) is 0 Å². The Balaban J connectivity index is 1.92. The summed E-state index contributed by atoms with van der Waals surface area (Å²) in [5.41, 5.74) is 3.02. The van der Waals surface area contributed by atoms with E-state index in [4.69, 9.17) is 9.47 Å². The Morgan fingerprint density at radius 1 is 1.18 bits per heavy atom. The molecule has 0 bridgehead atoms. The number of carbonyl (C=O) groups excluding carboxylic acids is 2. The first-order valence-electron chi connectivity index (χ1n) is 10.9. The van der Waals surface area contributed by atoms with Gasteiger partial charge in [-0.1, -0.05) is 32.0 Å². The molecule has 1 unspecified atom stereocenters. The second-order valence-corrected chi connectivity index (χ2v) is 8.64. The molecule has 33 heavy (non-hydrogen) atoms. The summed E-state index contributed by atoms with van der Waals surface area (Å²) >= 11 is 1.11. The van der Waals surface area contributed by atoms with E-state index in [9.17, 15) is 14.4 Å². The minimum atomic E-state index is -0.791. The summed E-state index contributed by atoms with van der Waals surface area (Å²) in [5.74, 6) is -0.825. The second kappa shape index (κ2) is 10.7. The number of nitrogens with one attached hydrogen (secondary N) is 1. The SMILES string of the molecule is CCc1cccc(CC)c1NC(=O)C(C)n1cnc2sc(C(=O)OCCOC)c(C)c2c1=O. The van der Waals surface area contributed by atoms with Crippen molar-refractivity contribution in [2.45, 2.75) is 46.6 Å². The molecule has 3 aromatic rings. The van der Waals surface area contributed by atoms with Crippen LogP contribution in [0.2, 0.25) is 0 Å². The number of amides is 1. The third-order valence-electron chi connectivity index (χ3n) is 5.63. The van der Waals surface area contributed by atoms with Crippen molar-refractivity contribution in [1.29, 1.82) is 0 Å². The Kier molecular flexibility index (Phi) is 7.99. The molecule has 0 fully saturated rings. The molecule has 1 amide bonds. The van der Waals surface area contributed by atoms with Crippen molar-refractivity contribution in [3.63, 3.8) is 0 Å². The average molecular weight is 472 g/mol.